The van der Waals surface area contributed by atoms with E-state index in [2.05, 4.69) is 28.8 Å². The van der Waals surface area contributed by atoms with Gasteiger partial charge in [0, 0.05) is 29.6 Å². The molecule has 0 saturated carbocycles. The van der Waals surface area contributed by atoms with E-state index in [-0.39, 0.29) is 0 Å². The standard InChI is InChI=1S/C22H22N2O2S/c1-25-19-13-18(14-20(15-19)26-2)23-22(27)24-21-11-7-6-10-17(21)12-16-8-4-3-5-9-16/h3-11,13-15H,12H2,1-2H3,(H2,23,24,27). The average molecular weight is 378 g/mol. The zero-order valence-electron chi connectivity index (χ0n) is 15.4. The fourth-order valence-electron chi connectivity index (χ4n) is 2.78. The van der Waals surface area contributed by atoms with Crippen molar-refractivity contribution >= 4 is 28.7 Å². The maximum atomic E-state index is 5.50. The number of hydrogen-bond donors (Lipinski definition) is 2. The molecule has 0 fully saturated rings. The lowest BCUT2D eigenvalue weighted by atomic mass is 10.0. The highest BCUT2D eigenvalue weighted by molar-refractivity contribution is 7.80. The minimum Gasteiger partial charge on any atom is -0.497 e. The van der Waals surface area contributed by atoms with E-state index in [9.17, 15) is 0 Å². The summed E-state index contributed by atoms with van der Waals surface area (Å²) >= 11 is 5.50. The minimum absolute atomic E-state index is 0.505. The second-order valence-corrected chi connectivity index (χ2v) is 6.41. The fraction of sp³-hybridized carbons (Fsp3) is 0.136. The Morgan fingerprint density at radius 1 is 0.815 bits per heavy atom. The second-order valence-electron chi connectivity index (χ2n) is 6.00. The summed E-state index contributed by atoms with van der Waals surface area (Å²) in [5.74, 6) is 1.40. The molecule has 0 bridgehead atoms. The molecule has 0 aliphatic rings. The van der Waals surface area contributed by atoms with Gasteiger partial charge in [-0.05, 0) is 35.8 Å². The van der Waals surface area contributed by atoms with E-state index < -0.39 is 0 Å². The van der Waals surface area contributed by atoms with E-state index in [0.717, 1.165) is 17.8 Å². The van der Waals surface area contributed by atoms with Crippen molar-refractivity contribution in [1.29, 1.82) is 0 Å². The van der Waals surface area contributed by atoms with E-state index in [4.69, 9.17) is 21.7 Å². The van der Waals surface area contributed by atoms with Crippen molar-refractivity contribution in [2.45, 2.75) is 6.42 Å². The molecule has 3 aromatic rings. The van der Waals surface area contributed by atoms with Crippen molar-refractivity contribution in [3.63, 3.8) is 0 Å². The molecule has 0 radical (unpaired) electrons. The molecule has 0 unspecified atom stereocenters. The summed E-state index contributed by atoms with van der Waals surface area (Å²) in [6.45, 7) is 0. The SMILES string of the molecule is COc1cc(NC(=S)Nc2ccccc2Cc2ccccc2)cc(OC)c1. The van der Waals surface area contributed by atoms with Crippen LogP contribution < -0.4 is 20.1 Å². The van der Waals surface area contributed by atoms with Gasteiger partial charge in [-0.1, -0.05) is 48.5 Å². The van der Waals surface area contributed by atoms with Crippen LogP contribution in [0.4, 0.5) is 11.4 Å². The number of para-hydroxylation sites is 1. The normalized spacial score (nSPS) is 10.1. The highest BCUT2D eigenvalue weighted by atomic mass is 32.1. The van der Waals surface area contributed by atoms with Crippen LogP contribution in [0.1, 0.15) is 11.1 Å². The Kier molecular flexibility index (Phi) is 6.28. The predicted octanol–water partition coefficient (Wildman–Crippen LogP) is 5.10. The van der Waals surface area contributed by atoms with Crippen LogP contribution in [-0.2, 0) is 6.42 Å². The molecule has 0 atom stereocenters. The molecule has 0 aromatic heterocycles. The number of nitrogens with one attached hydrogen (secondary N) is 2. The highest BCUT2D eigenvalue weighted by Gasteiger charge is 2.07. The van der Waals surface area contributed by atoms with E-state index >= 15 is 0 Å². The molecule has 27 heavy (non-hydrogen) atoms. The third-order valence-corrected chi connectivity index (χ3v) is 4.32. The van der Waals surface area contributed by atoms with Gasteiger partial charge in [0.15, 0.2) is 5.11 Å². The van der Waals surface area contributed by atoms with Crippen LogP contribution in [-0.4, -0.2) is 19.3 Å². The number of thiocarbonyl (C=S) groups is 1. The Morgan fingerprint density at radius 3 is 2.11 bits per heavy atom. The Morgan fingerprint density at radius 2 is 1.44 bits per heavy atom. The largest absolute Gasteiger partial charge is 0.497 e. The van der Waals surface area contributed by atoms with Gasteiger partial charge in [0.25, 0.3) is 0 Å². The van der Waals surface area contributed by atoms with Crippen LogP contribution in [0.25, 0.3) is 0 Å². The van der Waals surface area contributed by atoms with Crippen molar-refractivity contribution in [2.75, 3.05) is 24.9 Å². The van der Waals surface area contributed by atoms with Gasteiger partial charge in [-0.3, -0.25) is 0 Å². The van der Waals surface area contributed by atoms with Crippen LogP contribution in [0, 0.1) is 0 Å². The lowest BCUT2D eigenvalue weighted by Crippen LogP contribution is -2.20. The first-order valence-corrected chi connectivity index (χ1v) is 9.01. The monoisotopic (exact) mass is 378 g/mol. The van der Waals surface area contributed by atoms with Crippen LogP contribution in [0.5, 0.6) is 11.5 Å². The molecule has 0 aliphatic heterocycles. The van der Waals surface area contributed by atoms with E-state index in [1.807, 2.05) is 54.6 Å². The predicted molar refractivity (Wildman–Crippen MR) is 115 cm³/mol. The Labute approximate surface area is 165 Å². The summed E-state index contributed by atoms with van der Waals surface area (Å²) in [5.41, 5.74) is 4.21. The highest BCUT2D eigenvalue weighted by Crippen LogP contribution is 2.26. The molecule has 4 nitrogen and oxygen atoms in total. The zero-order valence-corrected chi connectivity index (χ0v) is 16.2. The summed E-state index contributed by atoms with van der Waals surface area (Å²) in [6, 6.07) is 24.1. The van der Waals surface area contributed by atoms with Crippen LogP contribution in [0.15, 0.2) is 72.8 Å². The molecule has 138 valence electrons. The van der Waals surface area contributed by atoms with Gasteiger partial charge in [-0.2, -0.15) is 0 Å². The van der Waals surface area contributed by atoms with Crippen molar-refractivity contribution in [1.82, 2.24) is 0 Å². The Hall–Kier alpha value is -3.05. The average Bonchev–Trinajstić information content (AvgIpc) is 2.70. The maximum Gasteiger partial charge on any atom is 0.175 e. The number of methoxy groups -OCH3 is 2. The second kappa shape index (κ2) is 9.05. The molecular formula is C22H22N2O2S. The van der Waals surface area contributed by atoms with Gasteiger partial charge in [-0.15, -0.1) is 0 Å². The van der Waals surface area contributed by atoms with Crippen LogP contribution in [0.2, 0.25) is 0 Å². The first kappa shape index (κ1) is 18.7. The summed E-state index contributed by atoms with van der Waals surface area (Å²) < 4.78 is 10.6. The summed E-state index contributed by atoms with van der Waals surface area (Å²) in [5, 5.41) is 6.99. The van der Waals surface area contributed by atoms with Crippen LogP contribution in [0.3, 0.4) is 0 Å². The van der Waals surface area contributed by atoms with Crippen molar-refractivity contribution in [3.8, 4) is 11.5 Å². The van der Waals surface area contributed by atoms with Gasteiger partial charge >= 0.3 is 0 Å². The summed E-state index contributed by atoms with van der Waals surface area (Å²) in [7, 11) is 3.24. The smallest absolute Gasteiger partial charge is 0.175 e. The fourth-order valence-corrected chi connectivity index (χ4v) is 3.00. The number of rotatable bonds is 6. The number of benzene rings is 3. The molecule has 3 rings (SSSR count). The molecule has 0 amide bonds. The molecule has 3 aromatic carbocycles. The summed E-state index contributed by atoms with van der Waals surface area (Å²) in [4.78, 5) is 0. The third kappa shape index (κ3) is 5.21. The van der Waals surface area contributed by atoms with E-state index in [0.29, 0.717) is 16.6 Å². The zero-order chi connectivity index (χ0) is 19.1. The lowest BCUT2D eigenvalue weighted by molar-refractivity contribution is 0.395. The molecule has 0 spiro atoms. The topological polar surface area (TPSA) is 42.5 Å². The quantitative estimate of drug-likeness (QED) is 0.584. The van der Waals surface area contributed by atoms with Crippen molar-refractivity contribution < 1.29 is 9.47 Å². The maximum absolute atomic E-state index is 5.50. The number of anilines is 2. The van der Waals surface area contributed by atoms with Gasteiger partial charge in [0.1, 0.15) is 11.5 Å². The molecule has 0 aliphatic carbocycles. The third-order valence-electron chi connectivity index (χ3n) is 4.11. The first-order chi connectivity index (χ1) is 13.2. The first-order valence-electron chi connectivity index (χ1n) is 8.61. The van der Waals surface area contributed by atoms with Gasteiger partial charge in [0.2, 0.25) is 0 Å². The van der Waals surface area contributed by atoms with Crippen LogP contribution >= 0.6 is 12.2 Å². The minimum atomic E-state index is 0.505. The van der Waals surface area contributed by atoms with Gasteiger partial charge < -0.3 is 20.1 Å². The van der Waals surface area contributed by atoms with Gasteiger partial charge in [0.05, 0.1) is 14.2 Å². The van der Waals surface area contributed by atoms with E-state index in [1.54, 1.807) is 14.2 Å². The Bertz CT molecular complexity index is 891. The lowest BCUT2D eigenvalue weighted by Gasteiger charge is -2.15. The molecule has 0 heterocycles. The van der Waals surface area contributed by atoms with Gasteiger partial charge in [-0.25, -0.2) is 0 Å². The number of ether oxygens (including phenoxy) is 2. The molecule has 2 N–H and O–H groups in total. The number of hydrogen-bond acceptors (Lipinski definition) is 3. The van der Waals surface area contributed by atoms with Crippen molar-refractivity contribution in [3.05, 3.63) is 83.9 Å². The van der Waals surface area contributed by atoms with Crippen molar-refractivity contribution in [2.24, 2.45) is 0 Å². The summed E-state index contributed by atoms with van der Waals surface area (Å²) in [6.07, 6.45) is 0.833. The molecule has 5 heteroatoms. The van der Waals surface area contributed by atoms with E-state index in [1.165, 1.54) is 11.1 Å². The Balaban J connectivity index is 1.73. The molecule has 0 saturated heterocycles. The molecular weight excluding hydrogens is 356 g/mol.